The predicted octanol–water partition coefficient (Wildman–Crippen LogP) is 3.70. The van der Waals surface area contributed by atoms with E-state index in [1.165, 1.54) is 12.8 Å². The van der Waals surface area contributed by atoms with Crippen molar-refractivity contribution in [1.82, 2.24) is 15.0 Å². The van der Waals surface area contributed by atoms with Crippen molar-refractivity contribution < 1.29 is 0 Å². The quantitative estimate of drug-likeness (QED) is 0.834. The molecule has 0 bridgehead atoms. The summed E-state index contributed by atoms with van der Waals surface area (Å²) in [5.74, 6) is 1.62. The van der Waals surface area contributed by atoms with Gasteiger partial charge in [0.25, 0.3) is 0 Å². The van der Waals surface area contributed by atoms with Crippen molar-refractivity contribution in [3.8, 4) is 11.3 Å². The first-order valence-electron chi connectivity index (χ1n) is 6.18. The molecule has 3 rings (SSSR count). The van der Waals surface area contributed by atoms with Crippen molar-refractivity contribution in [1.29, 1.82) is 0 Å². The van der Waals surface area contributed by atoms with Crippen LogP contribution in [0.5, 0.6) is 0 Å². The Bertz CT molecular complexity index is 656. The first kappa shape index (κ1) is 11.5. The third-order valence-corrected chi connectivity index (χ3v) is 3.82. The van der Waals surface area contributed by atoms with E-state index < -0.39 is 0 Å². The average Bonchev–Trinajstić information content (AvgIpc) is 3.18. The molecule has 92 valence electrons. The third kappa shape index (κ3) is 1.97. The zero-order valence-corrected chi connectivity index (χ0v) is 11.3. The van der Waals surface area contributed by atoms with Crippen LogP contribution in [0.4, 0.5) is 0 Å². The molecular weight excluding hydrogens is 242 g/mol. The van der Waals surface area contributed by atoms with Crippen LogP contribution in [0, 0.1) is 18.5 Å². The van der Waals surface area contributed by atoms with Gasteiger partial charge in [-0.25, -0.2) is 4.98 Å². The van der Waals surface area contributed by atoms with Crippen LogP contribution in [0.2, 0.25) is 0 Å². The molecule has 2 heterocycles. The Morgan fingerprint density at radius 3 is 2.78 bits per heavy atom. The first-order valence-corrected chi connectivity index (χ1v) is 6.59. The highest BCUT2D eigenvalue weighted by molar-refractivity contribution is 7.71. The van der Waals surface area contributed by atoms with Crippen LogP contribution >= 0.6 is 12.2 Å². The summed E-state index contributed by atoms with van der Waals surface area (Å²) in [4.78, 5) is 12.1. The second-order valence-electron chi connectivity index (χ2n) is 4.89. The van der Waals surface area contributed by atoms with Crippen molar-refractivity contribution in [2.75, 3.05) is 0 Å². The summed E-state index contributed by atoms with van der Waals surface area (Å²) in [6.07, 6.45) is 6.13. The molecule has 1 N–H and O–H groups in total. The van der Waals surface area contributed by atoms with Crippen molar-refractivity contribution in [3.63, 3.8) is 0 Å². The molecule has 2 aromatic rings. The number of H-pyrrole nitrogens is 1. The normalized spacial score (nSPS) is 14.8. The summed E-state index contributed by atoms with van der Waals surface area (Å²) in [7, 11) is 0. The van der Waals surface area contributed by atoms with Crippen LogP contribution in [0.3, 0.4) is 0 Å². The van der Waals surface area contributed by atoms with E-state index in [0.29, 0.717) is 10.6 Å². The highest BCUT2D eigenvalue weighted by atomic mass is 32.1. The van der Waals surface area contributed by atoms with Crippen LogP contribution < -0.4 is 0 Å². The Morgan fingerprint density at radius 2 is 2.11 bits per heavy atom. The van der Waals surface area contributed by atoms with E-state index in [2.05, 4.69) is 21.9 Å². The molecule has 0 unspecified atom stereocenters. The minimum absolute atomic E-state index is 0.577. The van der Waals surface area contributed by atoms with Gasteiger partial charge in [0.15, 0.2) is 0 Å². The number of hydrogen-bond acceptors (Lipinski definition) is 3. The summed E-state index contributed by atoms with van der Waals surface area (Å²) < 4.78 is 0.710. The van der Waals surface area contributed by atoms with Crippen molar-refractivity contribution in [2.24, 2.45) is 0 Å². The highest BCUT2D eigenvalue weighted by Crippen LogP contribution is 2.39. The van der Waals surface area contributed by atoms with Crippen LogP contribution in [0.15, 0.2) is 18.5 Å². The highest BCUT2D eigenvalue weighted by Gasteiger charge is 2.26. The molecule has 1 aliphatic rings. The summed E-state index contributed by atoms with van der Waals surface area (Å²) in [6.45, 7) is 4.09. The van der Waals surface area contributed by atoms with Crippen molar-refractivity contribution in [3.05, 3.63) is 40.1 Å². The van der Waals surface area contributed by atoms with Gasteiger partial charge in [0.2, 0.25) is 0 Å². The SMILES string of the molecule is Cc1cnccc1-c1[nH]c(C2CC2)nc(=S)c1C. The minimum Gasteiger partial charge on any atom is -0.343 e. The Balaban J connectivity index is 2.22. The average molecular weight is 257 g/mol. The molecule has 2 aromatic heterocycles. The Kier molecular flexibility index (Phi) is 2.74. The van der Waals surface area contributed by atoms with Crippen molar-refractivity contribution >= 4 is 12.2 Å². The number of rotatable bonds is 2. The number of nitrogens with one attached hydrogen (secondary N) is 1. The van der Waals surface area contributed by atoms with Gasteiger partial charge in [-0.05, 0) is 38.3 Å². The van der Waals surface area contributed by atoms with Crippen LogP contribution in [0.1, 0.15) is 35.7 Å². The number of aromatic amines is 1. The van der Waals surface area contributed by atoms with E-state index in [9.17, 15) is 0 Å². The summed E-state index contributed by atoms with van der Waals surface area (Å²) >= 11 is 5.37. The van der Waals surface area contributed by atoms with E-state index >= 15 is 0 Å². The van der Waals surface area contributed by atoms with E-state index in [-0.39, 0.29) is 0 Å². The number of nitrogens with zero attached hydrogens (tertiary/aromatic N) is 2. The van der Waals surface area contributed by atoms with Gasteiger partial charge < -0.3 is 4.98 Å². The van der Waals surface area contributed by atoms with E-state index in [0.717, 1.165) is 28.2 Å². The second-order valence-corrected chi connectivity index (χ2v) is 5.28. The van der Waals surface area contributed by atoms with Gasteiger partial charge in [0, 0.05) is 29.4 Å². The molecule has 0 atom stereocenters. The van der Waals surface area contributed by atoms with Gasteiger partial charge >= 0.3 is 0 Å². The van der Waals surface area contributed by atoms with Crippen LogP contribution in [0.25, 0.3) is 11.3 Å². The maximum atomic E-state index is 5.37. The van der Waals surface area contributed by atoms with Crippen LogP contribution in [-0.4, -0.2) is 15.0 Å². The van der Waals surface area contributed by atoms with E-state index in [1.807, 2.05) is 25.4 Å². The maximum Gasteiger partial charge on any atom is 0.133 e. The smallest absolute Gasteiger partial charge is 0.133 e. The lowest BCUT2D eigenvalue weighted by molar-refractivity contribution is 0.913. The number of hydrogen-bond donors (Lipinski definition) is 1. The van der Waals surface area contributed by atoms with Gasteiger partial charge in [0.05, 0.1) is 5.69 Å². The third-order valence-electron chi connectivity index (χ3n) is 3.42. The maximum absolute atomic E-state index is 5.37. The summed E-state index contributed by atoms with van der Waals surface area (Å²) in [5, 5.41) is 0. The second kappa shape index (κ2) is 4.28. The molecule has 0 aromatic carbocycles. The predicted molar refractivity (Wildman–Crippen MR) is 74.1 cm³/mol. The molecule has 1 saturated carbocycles. The lowest BCUT2D eigenvalue weighted by Gasteiger charge is -2.11. The molecular formula is C14H15N3S. The first-order chi connectivity index (χ1) is 8.66. The van der Waals surface area contributed by atoms with Gasteiger partial charge in [-0.2, -0.15) is 0 Å². The molecule has 3 nitrogen and oxygen atoms in total. The standard InChI is InChI=1S/C14H15N3S/c1-8-7-15-6-5-11(8)12-9(2)14(18)17-13(16-12)10-3-4-10/h5-7,10H,3-4H2,1-2H3,(H,16,17,18). The number of aromatic nitrogens is 3. The summed E-state index contributed by atoms with van der Waals surface area (Å²) in [6, 6.07) is 2.03. The molecule has 0 saturated heterocycles. The van der Waals surface area contributed by atoms with Gasteiger partial charge in [-0.3, -0.25) is 4.98 Å². The molecule has 1 fully saturated rings. The topological polar surface area (TPSA) is 41.6 Å². The number of aryl methyl sites for hydroxylation is 1. The fourth-order valence-electron chi connectivity index (χ4n) is 2.12. The zero-order valence-electron chi connectivity index (χ0n) is 10.5. The molecule has 18 heavy (non-hydrogen) atoms. The number of pyridine rings is 1. The largest absolute Gasteiger partial charge is 0.343 e. The van der Waals surface area contributed by atoms with Crippen LogP contribution in [-0.2, 0) is 0 Å². The molecule has 4 heteroatoms. The molecule has 0 amide bonds. The fraction of sp³-hybridized carbons (Fsp3) is 0.357. The molecule has 0 radical (unpaired) electrons. The molecule has 0 aliphatic heterocycles. The Morgan fingerprint density at radius 1 is 1.33 bits per heavy atom. The van der Waals surface area contributed by atoms with E-state index in [1.54, 1.807) is 0 Å². The van der Waals surface area contributed by atoms with Crippen molar-refractivity contribution in [2.45, 2.75) is 32.6 Å². The summed E-state index contributed by atoms with van der Waals surface area (Å²) in [5.41, 5.74) is 4.46. The minimum atomic E-state index is 0.577. The van der Waals surface area contributed by atoms with Gasteiger partial charge in [-0.15, -0.1) is 0 Å². The fourth-order valence-corrected chi connectivity index (χ4v) is 2.32. The van der Waals surface area contributed by atoms with Gasteiger partial charge in [-0.1, -0.05) is 12.2 Å². The van der Waals surface area contributed by atoms with E-state index in [4.69, 9.17) is 12.2 Å². The monoisotopic (exact) mass is 257 g/mol. The Labute approximate surface area is 111 Å². The van der Waals surface area contributed by atoms with Gasteiger partial charge in [0.1, 0.15) is 10.5 Å². The lowest BCUT2D eigenvalue weighted by atomic mass is 10.0. The molecule has 1 aliphatic carbocycles. The lowest BCUT2D eigenvalue weighted by Crippen LogP contribution is -2.00. The Hall–Kier alpha value is -1.55. The molecule has 0 spiro atoms. The zero-order chi connectivity index (χ0) is 12.7.